The monoisotopic (exact) mass is 241 g/mol. The van der Waals surface area contributed by atoms with Crippen LogP contribution in [0.15, 0.2) is 17.6 Å². The number of amides is 1. The van der Waals surface area contributed by atoms with Gasteiger partial charge in [-0.15, -0.1) is 11.3 Å². The molecule has 2 rings (SSSR count). The zero-order chi connectivity index (χ0) is 10.8. The van der Waals surface area contributed by atoms with Crippen molar-refractivity contribution >= 4 is 34.7 Å². The minimum absolute atomic E-state index is 0.220. The predicted molar refractivity (Wildman–Crippen MR) is 60.6 cm³/mol. The molecule has 0 aromatic carbocycles. The molecule has 0 bridgehead atoms. The van der Waals surface area contributed by atoms with E-state index in [9.17, 15) is 4.79 Å². The average molecular weight is 242 g/mol. The summed E-state index contributed by atoms with van der Waals surface area (Å²) in [5.41, 5.74) is 0.885. The van der Waals surface area contributed by atoms with Gasteiger partial charge in [0.25, 0.3) is 5.91 Å². The van der Waals surface area contributed by atoms with Crippen LogP contribution in [0, 0.1) is 6.92 Å². The normalized spacial score (nSPS) is 10.3. The van der Waals surface area contributed by atoms with Crippen LogP contribution in [-0.2, 0) is 0 Å². The molecule has 2 aromatic heterocycles. The van der Waals surface area contributed by atoms with Gasteiger partial charge in [0, 0.05) is 5.56 Å². The minimum Gasteiger partial charge on any atom is -0.306 e. The third kappa shape index (κ3) is 2.03. The van der Waals surface area contributed by atoms with Crippen molar-refractivity contribution in [2.45, 2.75) is 6.92 Å². The van der Waals surface area contributed by atoms with Gasteiger partial charge in [0.2, 0.25) is 0 Å². The Morgan fingerprint density at radius 2 is 2.47 bits per heavy atom. The number of carbonyl (C=O) groups is 1. The molecule has 4 nitrogen and oxygen atoms in total. The van der Waals surface area contributed by atoms with Crippen LogP contribution in [0.3, 0.4) is 0 Å². The number of aryl methyl sites for hydroxylation is 1. The summed E-state index contributed by atoms with van der Waals surface area (Å²) in [6.07, 6.45) is 1.64. The third-order valence-electron chi connectivity index (χ3n) is 1.89. The molecule has 0 aliphatic carbocycles. The maximum atomic E-state index is 11.7. The summed E-state index contributed by atoms with van der Waals surface area (Å²) in [6.45, 7) is 1.86. The third-order valence-corrected chi connectivity index (χ3v) is 3.23. The first kappa shape index (κ1) is 10.2. The van der Waals surface area contributed by atoms with E-state index in [-0.39, 0.29) is 5.91 Å². The smallest absolute Gasteiger partial charge is 0.268 e. The van der Waals surface area contributed by atoms with Gasteiger partial charge < -0.3 is 5.32 Å². The van der Waals surface area contributed by atoms with E-state index in [0.29, 0.717) is 15.7 Å². The lowest BCUT2D eigenvalue weighted by Gasteiger charge is -2.01. The van der Waals surface area contributed by atoms with E-state index < -0.39 is 0 Å². The number of anilines is 1. The first-order chi connectivity index (χ1) is 7.18. The molecule has 2 heterocycles. The van der Waals surface area contributed by atoms with Gasteiger partial charge in [0.15, 0.2) is 0 Å². The van der Waals surface area contributed by atoms with Crippen molar-refractivity contribution in [1.82, 2.24) is 10.2 Å². The van der Waals surface area contributed by atoms with Crippen LogP contribution >= 0.6 is 22.9 Å². The van der Waals surface area contributed by atoms with Crippen LogP contribution in [-0.4, -0.2) is 16.1 Å². The van der Waals surface area contributed by atoms with Crippen molar-refractivity contribution < 1.29 is 4.79 Å². The molecule has 78 valence electrons. The first-order valence-corrected chi connectivity index (χ1v) is 5.48. The molecule has 0 radical (unpaired) electrons. The number of aromatic nitrogens is 2. The van der Waals surface area contributed by atoms with Gasteiger partial charge in [0.1, 0.15) is 10.7 Å². The summed E-state index contributed by atoms with van der Waals surface area (Å²) in [4.78, 5) is 12.2. The molecule has 6 heteroatoms. The summed E-state index contributed by atoms with van der Waals surface area (Å²) in [5.74, 6) is 0.381. The summed E-state index contributed by atoms with van der Waals surface area (Å²) in [6, 6.07) is 1.70. The molecule has 1 amide bonds. The van der Waals surface area contributed by atoms with Gasteiger partial charge in [-0.1, -0.05) is 11.6 Å². The summed E-state index contributed by atoms with van der Waals surface area (Å²) in [7, 11) is 0. The van der Waals surface area contributed by atoms with Crippen molar-refractivity contribution in [3.63, 3.8) is 0 Å². The fourth-order valence-corrected chi connectivity index (χ4v) is 2.14. The molecular formula is C9H8ClN3OS. The second-order valence-corrected chi connectivity index (χ2v) is 4.30. The molecule has 0 unspecified atom stereocenters. The van der Waals surface area contributed by atoms with E-state index in [2.05, 4.69) is 15.5 Å². The Hall–Kier alpha value is -1.33. The van der Waals surface area contributed by atoms with Gasteiger partial charge in [0.05, 0.1) is 11.2 Å². The lowest BCUT2D eigenvalue weighted by molar-refractivity contribution is 0.103. The van der Waals surface area contributed by atoms with E-state index in [1.54, 1.807) is 17.6 Å². The fourth-order valence-electron chi connectivity index (χ4n) is 1.10. The molecule has 0 fully saturated rings. The van der Waals surface area contributed by atoms with E-state index in [1.165, 1.54) is 11.3 Å². The number of carbonyl (C=O) groups excluding carboxylic acids is 1. The maximum absolute atomic E-state index is 11.7. The molecule has 2 aromatic rings. The van der Waals surface area contributed by atoms with Gasteiger partial charge >= 0.3 is 0 Å². The Labute approximate surface area is 95.3 Å². The topological polar surface area (TPSA) is 57.8 Å². The fraction of sp³-hybridized carbons (Fsp3) is 0.111. The van der Waals surface area contributed by atoms with Gasteiger partial charge in [-0.25, -0.2) is 0 Å². The van der Waals surface area contributed by atoms with Crippen LogP contribution in [0.1, 0.15) is 15.2 Å². The quantitative estimate of drug-likeness (QED) is 0.849. The number of nitrogens with zero attached hydrogens (tertiary/aromatic N) is 1. The van der Waals surface area contributed by atoms with Gasteiger partial charge in [-0.3, -0.25) is 9.89 Å². The average Bonchev–Trinajstić information content (AvgIpc) is 2.76. The molecular weight excluding hydrogens is 234 g/mol. The number of halogens is 1. The first-order valence-electron chi connectivity index (χ1n) is 4.23. The number of nitrogens with one attached hydrogen (secondary N) is 2. The van der Waals surface area contributed by atoms with Gasteiger partial charge in [-0.05, 0) is 18.4 Å². The number of hydrogen-bond acceptors (Lipinski definition) is 3. The standard InChI is InChI=1S/C9H8ClN3OS/c1-5-4-11-13-8(5)12-9(14)7-6(10)2-3-15-7/h2-4H,1H3,(H2,11,12,13,14). The highest BCUT2D eigenvalue weighted by Crippen LogP contribution is 2.23. The molecule has 0 aliphatic rings. The number of rotatable bonds is 2. The lowest BCUT2D eigenvalue weighted by Crippen LogP contribution is -2.11. The van der Waals surface area contributed by atoms with E-state index in [1.807, 2.05) is 6.92 Å². The SMILES string of the molecule is Cc1cn[nH]c1NC(=O)c1sccc1Cl. The van der Waals surface area contributed by atoms with Crippen LogP contribution in [0.2, 0.25) is 5.02 Å². The van der Waals surface area contributed by atoms with Crippen LogP contribution in [0.4, 0.5) is 5.82 Å². The van der Waals surface area contributed by atoms with Crippen LogP contribution in [0.25, 0.3) is 0 Å². The zero-order valence-corrected chi connectivity index (χ0v) is 9.45. The predicted octanol–water partition coefficient (Wildman–Crippen LogP) is 2.69. The Kier molecular flexibility index (Phi) is 2.75. The van der Waals surface area contributed by atoms with Gasteiger partial charge in [-0.2, -0.15) is 5.10 Å². The maximum Gasteiger partial charge on any atom is 0.268 e. The highest BCUT2D eigenvalue weighted by Gasteiger charge is 2.13. The number of hydrogen-bond donors (Lipinski definition) is 2. The van der Waals surface area contributed by atoms with Crippen molar-refractivity contribution in [1.29, 1.82) is 0 Å². The Morgan fingerprint density at radius 3 is 3.00 bits per heavy atom. The van der Waals surface area contributed by atoms with Crippen molar-refractivity contribution in [2.24, 2.45) is 0 Å². The summed E-state index contributed by atoms with van der Waals surface area (Å²) in [5, 5.41) is 11.5. The van der Waals surface area contributed by atoms with E-state index in [0.717, 1.165) is 5.56 Å². The summed E-state index contributed by atoms with van der Waals surface area (Å²) >= 11 is 7.15. The summed E-state index contributed by atoms with van der Waals surface area (Å²) < 4.78 is 0. The number of H-pyrrole nitrogens is 1. The molecule has 0 aliphatic heterocycles. The molecule has 2 N–H and O–H groups in total. The Morgan fingerprint density at radius 1 is 1.67 bits per heavy atom. The van der Waals surface area contributed by atoms with Crippen molar-refractivity contribution in [3.8, 4) is 0 Å². The lowest BCUT2D eigenvalue weighted by atomic mass is 10.3. The van der Waals surface area contributed by atoms with Crippen LogP contribution in [0.5, 0.6) is 0 Å². The van der Waals surface area contributed by atoms with Crippen LogP contribution < -0.4 is 5.32 Å². The minimum atomic E-state index is -0.220. The molecule has 0 saturated heterocycles. The largest absolute Gasteiger partial charge is 0.306 e. The number of thiophene rings is 1. The van der Waals surface area contributed by atoms with E-state index in [4.69, 9.17) is 11.6 Å². The molecule has 0 saturated carbocycles. The van der Waals surface area contributed by atoms with E-state index >= 15 is 0 Å². The second-order valence-electron chi connectivity index (χ2n) is 2.98. The Bertz CT molecular complexity index is 491. The zero-order valence-electron chi connectivity index (χ0n) is 7.87. The molecule has 0 spiro atoms. The highest BCUT2D eigenvalue weighted by molar-refractivity contribution is 7.12. The molecule has 15 heavy (non-hydrogen) atoms. The highest BCUT2D eigenvalue weighted by atomic mass is 35.5. The molecule has 0 atom stereocenters. The number of aromatic amines is 1. The Balaban J connectivity index is 2.18. The van der Waals surface area contributed by atoms with Crippen molar-refractivity contribution in [3.05, 3.63) is 33.1 Å². The van der Waals surface area contributed by atoms with Crippen molar-refractivity contribution in [2.75, 3.05) is 5.32 Å². The second kappa shape index (κ2) is 4.04.